The minimum atomic E-state index is -4.14. The number of nitrogens with zero attached hydrogens (tertiary/aromatic N) is 1. The molecule has 4 rings (SSSR count). The highest BCUT2D eigenvalue weighted by atomic mass is 32.2. The van der Waals surface area contributed by atoms with E-state index in [4.69, 9.17) is 4.74 Å². The predicted octanol–water partition coefficient (Wildman–Crippen LogP) is 5.45. The van der Waals surface area contributed by atoms with E-state index in [-0.39, 0.29) is 4.90 Å². The molecule has 0 bridgehead atoms. The summed E-state index contributed by atoms with van der Waals surface area (Å²) >= 11 is 0. The van der Waals surface area contributed by atoms with E-state index in [0.29, 0.717) is 22.9 Å². The Balaban J connectivity index is 1.60. The number of carbonyl (C=O) groups excluding carboxylic acids is 1. The lowest BCUT2D eigenvalue weighted by atomic mass is 10.2. The fourth-order valence-corrected chi connectivity index (χ4v) is 4.66. The van der Waals surface area contributed by atoms with Crippen LogP contribution in [0.3, 0.4) is 0 Å². The van der Waals surface area contributed by atoms with Crippen LogP contribution < -0.4 is 14.4 Å². The third-order valence-electron chi connectivity index (χ3n) is 4.87. The molecule has 1 N–H and O–H groups in total. The monoisotopic (exact) mass is 476 g/mol. The lowest BCUT2D eigenvalue weighted by molar-refractivity contribution is -0.114. The Labute approximate surface area is 197 Å². The SMILES string of the molecule is O=C(CN(c1ccccc1)S(=O)(=O)c1ccc(F)cc1)Nc1ccccc1Oc1ccccc1. The van der Waals surface area contributed by atoms with Gasteiger partial charge in [0.25, 0.3) is 10.0 Å². The van der Waals surface area contributed by atoms with Crippen LogP contribution in [0.2, 0.25) is 0 Å². The zero-order valence-electron chi connectivity index (χ0n) is 18.0. The van der Waals surface area contributed by atoms with Crippen molar-refractivity contribution < 1.29 is 22.3 Å². The summed E-state index contributed by atoms with van der Waals surface area (Å²) in [6.07, 6.45) is 0. The first-order valence-corrected chi connectivity index (χ1v) is 11.8. The maximum absolute atomic E-state index is 13.4. The average molecular weight is 477 g/mol. The molecule has 0 spiro atoms. The molecule has 0 aliphatic rings. The number of sulfonamides is 1. The fraction of sp³-hybridized carbons (Fsp3) is 0.0385. The first-order chi connectivity index (χ1) is 16.4. The highest BCUT2D eigenvalue weighted by Gasteiger charge is 2.27. The molecule has 0 aliphatic carbocycles. The van der Waals surface area contributed by atoms with Gasteiger partial charge in [-0.1, -0.05) is 48.5 Å². The molecule has 6 nitrogen and oxygen atoms in total. The number of rotatable bonds is 8. The summed E-state index contributed by atoms with van der Waals surface area (Å²) in [5.41, 5.74) is 0.694. The van der Waals surface area contributed by atoms with Crippen LogP contribution in [0.15, 0.2) is 114 Å². The van der Waals surface area contributed by atoms with Gasteiger partial charge in [-0.3, -0.25) is 9.10 Å². The molecule has 0 radical (unpaired) electrons. The fourth-order valence-electron chi connectivity index (χ4n) is 3.24. The van der Waals surface area contributed by atoms with Crippen molar-refractivity contribution in [1.29, 1.82) is 0 Å². The van der Waals surface area contributed by atoms with Crippen LogP contribution in [-0.4, -0.2) is 20.9 Å². The summed E-state index contributed by atoms with van der Waals surface area (Å²) in [4.78, 5) is 12.9. The molecule has 0 saturated heterocycles. The molecule has 0 atom stereocenters. The van der Waals surface area contributed by atoms with Crippen molar-refractivity contribution in [2.45, 2.75) is 4.90 Å². The Morgan fingerprint density at radius 3 is 2.06 bits per heavy atom. The molecule has 0 aromatic heterocycles. The molecule has 8 heteroatoms. The quantitative estimate of drug-likeness (QED) is 0.367. The first-order valence-electron chi connectivity index (χ1n) is 10.4. The number of para-hydroxylation sites is 4. The second-order valence-electron chi connectivity index (χ2n) is 7.26. The summed E-state index contributed by atoms with van der Waals surface area (Å²) in [5.74, 6) is -0.125. The third-order valence-corrected chi connectivity index (χ3v) is 6.65. The van der Waals surface area contributed by atoms with Gasteiger partial charge in [-0.15, -0.1) is 0 Å². The van der Waals surface area contributed by atoms with Crippen LogP contribution in [0.5, 0.6) is 11.5 Å². The predicted molar refractivity (Wildman–Crippen MR) is 129 cm³/mol. The van der Waals surface area contributed by atoms with Gasteiger partial charge in [0.2, 0.25) is 5.91 Å². The topological polar surface area (TPSA) is 75.7 Å². The van der Waals surface area contributed by atoms with Gasteiger partial charge >= 0.3 is 0 Å². The second-order valence-corrected chi connectivity index (χ2v) is 9.12. The Bertz CT molecular complexity index is 1360. The Morgan fingerprint density at radius 1 is 0.794 bits per heavy atom. The van der Waals surface area contributed by atoms with E-state index in [2.05, 4.69) is 5.32 Å². The molecular weight excluding hydrogens is 455 g/mol. The molecule has 0 heterocycles. The molecule has 34 heavy (non-hydrogen) atoms. The van der Waals surface area contributed by atoms with Crippen LogP contribution in [0.1, 0.15) is 0 Å². The number of halogens is 1. The van der Waals surface area contributed by atoms with E-state index in [1.807, 2.05) is 18.2 Å². The summed E-state index contributed by atoms with van der Waals surface area (Å²) in [6.45, 7) is -0.497. The van der Waals surface area contributed by atoms with Gasteiger partial charge in [0.05, 0.1) is 16.3 Å². The largest absolute Gasteiger partial charge is 0.455 e. The minimum Gasteiger partial charge on any atom is -0.455 e. The van der Waals surface area contributed by atoms with Crippen molar-refractivity contribution in [1.82, 2.24) is 0 Å². The maximum Gasteiger partial charge on any atom is 0.264 e. The van der Waals surface area contributed by atoms with Crippen molar-refractivity contribution in [2.75, 3.05) is 16.2 Å². The molecule has 0 aliphatic heterocycles. The Morgan fingerprint density at radius 2 is 1.38 bits per heavy atom. The van der Waals surface area contributed by atoms with Gasteiger partial charge in [-0.2, -0.15) is 0 Å². The normalized spacial score (nSPS) is 11.0. The number of benzene rings is 4. The molecule has 1 amide bonds. The minimum absolute atomic E-state index is 0.127. The van der Waals surface area contributed by atoms with Crippen LogP contribution in [-0.2, 0) is 14.8 Å². The van der Waals surface area contributed by atoms with Crippen LogP contribution in [0, 0.1) is 5.82 Å². The smallest absolute Gasteiger partial charge is 0.264 e. The summed E-state index contributed by atoms with van der Waals surface area (Å²) in [7, 11) is -4.14. The number of ether oxygens (including phenoxy) is 1. The van der Waals surface area contributed by atoms with E-state index in [1.54, 1.807) is 66.7 Å². The van der Waals surface area contributed by atoms with Crippen molar-refractivity contribution in [2.24, 2.45) is 0 Å². The van der Waals surface area contributed by atoms with Gasteiger partial charge in [0.15, 0.2) is 5.75 Å². The van der Waals surface area contributed by atoms with Crippen molar-refractivity contribution in [3.8, 4) is 11.5 Å². The molecule has 0 unspecified atom stereocenters. The zero-order valence-corrected chi connectivity index (χ0v) is 18.8. The molecule has 0 fully saturated rings. The zero-order chi connectivity index (χ0) is 24.0. The Hall–Kier alpha value is -4.17. The molecule has 4 aromatic carbocycles. The van der Waals surface area contributed by atoms with Gasteiger partial charge < -0.3 is 10.1 Å². The second kappa shape index (κ2) is 10.2. The van der Waals surface area contributed by atoms with E-state index >= 15 is 0 Å². The lowest BCUT2D eigenvalue weighted by Gasteiger charge is -2.24. The number of nitrogens with one attached hydrogen (secondary N) is 1. The lowest BCUT2D eigenvalue weighted by Crippen LogP contribution is -2.38. The number of hydrogen-bond acceptors (Lipinski definition) is 4. The van der Waals surface area contributed by atoms with Crippen LogP contribution >= 0.6 is 0 Å². The number of carbonyl (C=O) groups is 1. The molecule has 172 valence electrons. The van der Waals surface area contributed by atoms with Gasteiger partial charge in [-0.05, 0) is 60.7 Å². The van der Waals surface area contributed by atoms with E-state index < -0.39 is 28.3 Å². The van der Waals surface area contributed by atoms with Gasteiger partial charge in [0.1, 0.15) is 18.1 Å². The highest BCUT2D eigenvalue weighted by molar-refractivity contribution is 7.92. The van der Waals surface area contributed by atoms with Crippen molar-refractivity contribution in [3.05, 3.63) is 115 Å². The van der Waals surface area contributed by atoms with Crippen LogP contribution in [0.25, 0.3) is 0 Å². The molecule has 4 aromatic rings. The van der Waals surface area contributed by atoms with E-state index in [1.165, 1.54) is 12.1 Å². The van der Waals surface area contributed by atoms with Crippen molar-refractivity contribution in [3.63, 3.8) is 0 Å². The van der Waals surface area contributed by atoms with Crippen molar-refractivity contribution >= 4 is 27.3 Å². The molecule has 0 saturated carbocycles. The Kier molecular flexibility index (Phi) is 6.89. The standard InChI is InChI=1S/C26H21FN2O4S/c27-20-15-17-23(18-16-20)34(31,32)29(21-9-3-1-4-10-21)19-26(30)28-24-13-7-8-14-25(24)33-22-11-5-2-6-12-22/h1-18H,19H2,(H,28,30). The average Bonchev–Trinajstić information content (AvgIpc) is 2.85. The molecular formula is C26H21FN2O4S. The number of hydrogen-bond donors (Lipinski definition) is 1. The summed E-state index contributed by atoms with van der Waals surface area (Å²) < 4.78 is 46.9. The summed E-state index contributed by atoms with van der Waals surface area (Å²) in [5, 5.41) is 2.73. The van der Waals surface area contributed by atoms with E-state index in [0.717, 1.165) is 16.4 Å². The van der Waals surface area contributed by atoms with Gasteiger partial charge in [0, 0.05) is 0 Å². The summed E-state index contributed by atoms with van der Waals surface area (Å²) in [6, 6.07) is 28.7. The van der Waals surface area contributed by atoms with Crippen LogP contribution in [0.4, 0.5) is 15.8 Å². The van der Waals surface area contributed by atoms with E-state index in [9.17, 15) is 17.6 Å². The van der Waals surface area contributed by atoms with Gasteiger partial charge in [-0.25, -0.2) is 12.8 Å². The highest BCUT2D eigenvalue weighted by Crippen LogP contribution is 2.30. The number of amides is 1. The first kappa shape index (κ1) is 23.0. The number of anilines is 2. The maximum atomic E-state index is 13.4. The third kappa shape index (κ3) is 5.41.